The molecule has 0 spiro atoms. The molecule has 0 saturated heterocycles. The van der Waals surface area contributed by atoms with Gasteiger partial charge in [0.1, 0.15) is 0 Å². The second-order valence-corrected chi connectivity index (χ2v) is 4.65. The molecule has 0 aliphatic heterocycles. The molecule has 0 aliphatic rings. The highest BCUT2D eigenvalue weighted by Crippen LogP contribution is 2.23. The maximum atomic E-state index is 11.4. The van der Waals surface area contributed by atoms with Gasteiger partial charge in [0.2, 0.25) is 0 Å². The van der Waals surface area contributed by atoms with Crippen molar-refractivity contribution in [3.8, 4) is 0 Å². The van der Waals surface area contributed by atoms with E-state index in [9.17, 15) is 9.59 Å². The molecule has 0 amide bonds. The van der Waals surface area contributed by atoms with E-state index in [1.165, 1.54) is 7.11 Å². The van der Waals surface area contributed by atoms with E-state index in [-0.39, 0.29) is 17.9 Å². The molecule has 0 bridgehead atoms. The number of methoxy groups -OCH3 is 1. The Morgan fingerprint density at radius 2 is 1.95 bits per heavy atom. The first-order valence-corrected chi connectivity index (χ1v) is 7.08. The maximum Gasteiger partial charge on any atom is 0.337 e. The lowest BCUT2D eigenvalue weighted by molar-refractivity contribution is -0.143. The van der Waals surface area contributed by atoms with Gasteiger partial charge in [-0.3, -0.25) is 4.79 Å². The highest BCUT2D eigenvalue weighted by Gasteiger charge is 2.11. The van der Waals surface area contributed by atoms with Crippen LogP contribution in [0.5, 0.6) is 0 Å². The minimum Gasteiger partial charge on any atom is -0.466 e. The van der Waals surface area contributed by atoms with Gasteiger partial charge in [0, 0.05) is 12.3 Å². The monoisotopic (exact) mass is 290 g/mol. The molecule has 0 heterocycles. The van der Waals surface area contributed by atoms with Crippen molar-refractivity contribution in [3.63, 3.8) is 0 Å². The maximum absolute atomic E-state index is 11.4. The summed E-state index contributed by atoms with van der Waals surface area (Å²) in [6.45, 7) is 6.05. The Labute approximate surface area is 125 Å². The molecule has 0 aliphatic carbocycles. The Kier molecular flexibility index (Phi) is 7.23. The third-order valence-corrected chi connectivity index (χ3v) is 3.25. The Balaban J connectivity index is 2.57. The van der Waals surface area contributed by atoms with Gasteiger partial charge in [-0.2, -0.15) is 0 Å². The zero-order valence-corrected chi connectivity index (χ0v) is 12.6. The van der Waals surface area contributed by atoms with E-state index in [0.29, 0.717) is 18.6 Å². The van der Waals surface area contributed by atoms with Crippen molar-refractivity contribution >= 4 is 11.9 Å². The van der Waals surface area contributed by atoms with E-state index in [1.807, 2.05) is 18.2 Å². The smallest absolute Gasteiger partial charge is 0.337 e. The van der Waals surface area contributed by atoms with Crippen LogP contribution in [0.4, 0.5) is 0 Å². The Morgan fingerprint density at radius 1 is 1.29 bits per heavy atom. The summed E-state index contributed by atoms with van der Waals surface area (Å²) in [7, 11) is 1.36. The van der Waals surface area contributed by atoms with Gasteiger partial charge in [-0.1, -0.05) is 18.2 Å². The normalized spacial score (nSPS) is 11.5. The number of hydrogen-bond donors (Lipinski definition) is 0. The summed E-state index contributed by atoms with van der Waals surface area (Å²) >= 11 is 0. The van der Waals surface area contributed by atoms with Crippen LogP contribution in [0.2, 0.25) is 0 Å². The number of ether oxygens (including phenoxy) is 2. The lowest BCUT2D eigenvalue weighted by Crippen LogP contribution is -2.05. The molecule has 0 N–H and O–H groups in total. The molecule has 0 unspecified atom stereocenters. The van der Waals surface area contributed by atoms with Gasteiger partial charge in [-0.15, -0.1) is 6.58 Å². The SMILES string of the molecule is C=C[C@H](CCCC(=O)OCC)c1ccc(C(=O)OC)cc1. The van der Waals surface area contributed by atoms with E-state index < -0.39 is 0 Å². The van der Waals surface area contributed by atoms with Gasteiger partial charge in [0.05, 0.1) is 19.3 Å². The molecular formula is C17H22O4. The van der Waals surface area contributed by atoms with Crippen LogP contribution >= 0.6 is 0 Å². The number of allylic oxidation sites excluding steroid dienone is 1. The summed E-state index contributed by atoms with van der Waals surface area (Å²) in [5.74, 6) is -0.355. The van der Waals surface area contributed by atoms with Crippen molar-refractivity contribution < 1.29 is 19.1 Å². The van der Waals surface area contributed by atoms with Crippen molar-refractivity contribution in [1.82, 2.24) is 0 Å². The van der Waals surface area contributed by atoms with Crippen molar-refractivity contribution in [2.45, 2.75) is 32.1 Å². The Morgan fingerprint density at radius 3 is 2.48 bits per heavy atom. The number of carbonyl (C=O) groups excluding carboxylic acids is 2. The van der Waals surface area contributed by atoms with Crippen molar-refractivity contribution in [3.05, 3.63) is 48.0 Å². The van der Waals surface area contributed by atoms with Crippen molar-refractivity contribution in [2.24, 2.45) is 0 Å². The van der Waals surface area contributed by atoms with E-state index >= 15 is 0 Å². The van der Waals surface area contributed by atoms with Crippen molar-refractivity contribution in [1.29, 1.82) is 0 Å². The number of rotatable bonds is 8. The number of benzene rings is 1. The fraction of sp³-hybridized carbons (Fsp3) is 0.412. The van der Waals surface area contributed by atoms with E-state index in [2.05, 4.69) is 11.3 Å². The van der Waals surface area contributed by atoms with E-state index in [1.54, 1.807) is 19.1 Å². The van der Waals surface area contributed by atoms with Crippen LogP contribution < -0.4 is 0 Å². The molecule has 4 nitrogen and oxygen atoms in total. The van der Waals surface area contributed by atoms with Gasteiger partial charge in [0.15, 0.2) is 0 Å². The van der Waals surface area contributed by atoms with Crippen LogP contribution in [0.3, 0.4) is 0 Å². The minimum absolute atomic E-state index is 0.158. The standard InChI is InChI=1S/C17H22O4/c1-4-13(7-6-8-16(18)21-5-2)14-9-11-15(12-10-14)17(19)20-3/h4,9-13H,1,5-8H2,2-3H3/t13-/m1/s1. The summed E-state index contributed by atoms with van der Waals surface area (Å²) in [5.41, 5.74) is 1.59. The van der Waals surface area contributed by atoms with Crippen LogP contribution in [0.1, 0.15) is 48.0 Å². The summed E-state index contributed by atoms with van der Waals surface area (Å²) in [4.78, 5) is 22.7. The third-order valence-electron chi connectivity index (χ3n) is 3.25. The Hall–Kier alpha value is -2.10. The predicted octanol–water partition coefficient (Wildman–Crippen LogP) is 3.48. The first kappa shape index (κ1) is 17.0. The molecule has 0 radical (unpaired) electrons. The van der Waals surface area contributed by atoms with Gasteiger partial charge < -0.3 is 9.47 Å². The minimum atomic E-state index is -0.348. The Bertz CT molecular complexity index is 476. The summed E-state index contributed by atoms with van der Waals surface area (Å²) < 4.78 is 9.57. The van der Waals surface area contributed by atoms with Crippen LogP contribution in [0.15, 0.2) is 36.9 Å². The molecule has 1 rings (SSSR count). The quantitative estimate of drug-likeness (QED) is 0.543. The summed E-state index contributed by atoms with van der Waals surface area (Å²) in [6, 6.07) is 7.26. The molecule has 114 valence electrons. The number of hydrogen-bond acceptors (Lipinski definition) is 4. The van der Waals surface area contributed by atoms with Crippen LogP contribution in [-0.2, 0) is 14.3 Å². The lowest BCUT2D eigenvalue weighted by Gasteiger charge is -2.13. The predicted molar refractivity (Wildman–Crippen MR) is 81.2 cm³/mol. The molecule has 1 atom stereocenters. The fourth-order valence-corrected chi connectivity index (χ4v) is 2.10. The van der Waals surface area contributed by atoms with Crippen LogP contribution in [-0.4, -0.2) is 25.7 Å². The highest BCUT2D eigenvalue weighted by molar-refractivity contribution is 5.89. The molecule has 0 aromatic heterocycles. The molecule has 1 aromatic rings. The molecule has 4 heteroatoms. The second-order valence-electron chi connectivity index (χ2n) is 4.65. The number of esters is 2. The molecule has 21 heavy (non-hydrogen) atoms. The lowest BCUT2D eigenvalue weighted by atomic mass is 9.93. The first-order valence-electron chi connectivity index (χ1n) is 7.08. The first-order chi connectivity index (χ1) is 10.1. The summed E-state index contributed by atoms with van der Waals surface area (Å²) in [6.07, 6.45) is 3.84. The molecule has 1 aromatic carbocycles. The van der Waals surface area contributed by atoms with Crippen molar-refractivity contribution in [2.75, 3.05) is 13.7 Å². The zero-order chi connectivity index (χ0) is 15.7. The van der Waals surface area contributed by atoms with Crippen LogP contribution in [0.25, 0.3) is 0 Å². The van der Waals surface area contributed by atoms with E-state index in [4.69, 9.17) is 4.74 Å². The molecule has 0 saturated carbocycles. The van der Waals surface area contributed by atoms with Gasteiger partial charge in [0.25, 0.3) is 0 Å². The highest BCUT2D eigenvalue weighted by atomic mass is 16.5. The largest absolute Gasteiger partial charge is 0.466 e. The topological polar surface area (TPSA) is 52.6 Å². The molecule has 0 fully saturated rings. The molecular weight excluding hydrogens is 268 g/mol. The third kappa shape index (κ3) is 5.42. The number of carbonyl (C=O) groups is 2. The zero-order valence-electron chi connectivity index (χ0n) is 12.6. The van der Waals surface area contributed by atoms with Gasteiger partial charge >= 0.3 is 11.9 Å². The average Bonchev–Trinajstić information content (AvgIpc) is 2.51. The van der Waals surface area contributed by atoms with Crippen LogP contribution in [0, 0.1) is 0 Å². The second kappa shape index (κ2) is 8.95. The fourth-order valence-electron chi connectivity index (χ4n) is 2.10. The van der Waals surface area contributed by atoms with Gasteiger partial charge in [-0.25, -0.2) is 4.79 Å². The van der Waals surface area contributed by atoms with E-state index in [0.717, 1.165) is 18.4 Å². The summed E-state index contributed by atoms with van der Waals surface area (Å²) in [5, 5.41) is 0. The van der Waals surface area contributed by atoms with Gasteiger partial charge in [-0.05, 0) is 37.5 Å². The average molecular weight is 290 g/mol.